The molecule has 92 valence electrons. The second-order valence-electron chi connectivity index (χ2n) is 3.75. The van der Waals surface area contributed by atoms with Gasteiger partial charge in [0.1, 0.15) is 17.6 Å². The van der Waals surface area contributed by atoms with Gasteiger partial charge in [0.2, 0.25) is 0 Å². The summed E-state index contributed by atoms with van der Waals surface area (Å²) in [6, 6.07) is -0.422. The fraction of sp³-hybridized carbons (Fsp3) is 0.889. The zero-order chi connectivity index (χ0) is 11.7. The number of rotatable bonds is 2. The van der Waals surface area contributed by atoms with E-state index in [9.17, 15) is 13.9 Å². The average molecular weight is 252 g/mol. The minimum absolute atomic E-state index is 0.0533. The predicted octanol–water partition coefficient (Wildman–Crippen LogP) is 0.808. The van der Waals surface area contributed by atoms with Crippen molar-refractivity contribution in [1.82, 2.24) is 5.32 Å². The van der Waals surface area contributed by atoms with Crippen molar-refractivity contribution in [3.05, 3.63) is 0 Å². The Labute approximate surface area is 96.5 Å². The number of amidine groups is 1. The highest BCUT2D eigenvalue weighted by Gasteiger charge is 2.45. The first-order valence-corrected chi connectivity index (χ1v) is 6.09. The molecule has 2 N–H and O–H groups in total. The minimum atomic E-state index is -2.56. The molecule has 1 saturated heterocycles. The molecule has 2 aliphatic rings. The molecule has 0 spiro atoms. The summed E-state index contributed by atoms with van der Waals surface area (Å²) in [6.07, 6.45) is -4.64. The van der Waals surface area contributed by atoms with Crippen LogP contribution in [0.2, 0.25) is 0 Å². The van der Waals surface area contributed by atoms with E-state index in [1.807, 2.05) is 6.92 Å². The predicted molar refractivity (Wildman–Crippen MR) is 57.8 cm³/mol. The van der Waals surface area contributed by atoms with E-state index in [0.29, 0.717) is 11.7 Å². The van der Waals surface area contributed by atoms with Crippen molar-refractivity contribution >= 4 is 16.9 Å². The molecule has 2 rings (SSSR count). The Morgan fingerprint density at radius 3 is 3.06 bits per heavy atom. The number of aliphatic hydroxyl groups excluding tert-OH is 1. The molecule has 0 aromatic rings. The van der Waals surface area contributed by atoms with Crippen molar-refractivity contribution in [2.75, 3.05) is 6.54 Å². The Balaban J connectivity index is 2.01. The van der Waals surface area contributed by atoms with Crippen molar-refractivity contribution < 1.29 is 18.6 Å². The third-order valence-electron chi connectivity index (χ3n) is 2.56. The van der Waals surface area contributed by atoms with Gasteiger partial charge in [0, 0.05) is 13.0 Å². The van der Waals surface area contributed by atoms with E-state index in [0.717, 1.165) is 0 Å². The second-order valence-corrected chi connectivity index (χ2v) is 4.84. The van der Waals surface area contributed by atoms with Crippen molar-refractivity contribution in [1.29, 1.82) is 0 Å². The molecule has 1 fully saturated rings. The summed E-state index contributed by atoms with van der Waals surface area (Å²) >= 11 is 1.27. The molecule has 0 aromatic heterocycles. The van der Waals surface area contributed by atoms with Crippen molar-refractivity contribution in [2.45, 2.75) is 43.5 Å². The lowest BCUT2D eigenvalue weighted by atomic mass is 10.0. The summed E-state index contributed by atoms with van der Waals surface area (Å²) < 4.78 is 30.2. The van der Waals surface area contributed by atoms with Gasteiger partial charge in [-0.15, -0.1) is 0 Å². The highest BCUT2D eigenvalue weighted by molar-refractivity contribution is 8.14. The number of aliphatic hydroxyl groups is 1. The van der Waals surface area contributed by atoms with Crippen LogP contribution in [0.1, 0.15) is 13.3 Å². The number of nitrogens with one attached hydrogen (secondary N) is 1. The van der Waals surface area contributed by atoms with Crippen molar-refractivity contribution in [3.63, 3.8) is 0 Å². The van der Waals surface area contributed by atoms with Gasteiger partial charge in [-0.1, -0.05) is 11.8 Å². The van der Waals surface area contributed by atoms with Gasteiger partial charge in [-0.25, -0.2) is 8.78 Å². The van der Waals surface area contributed by atoms with E-state index >= 15 is 0 Å². The number of halogens is 2. The fourth-order valence-electron chi connectivity index (χ4n) is 1.79. The number of ether oxygens (including phenoxy) is 1. The zero-order valence-corrected chi connectivity index (χ0v) is 9.58. The van der Waals surface area contributed by atoms with E-state index in [1.165, 1.54) is 11.8 Å². The molecule has 4 nitrogen and oxygen atoms in total. The molecule has 0 saturated carbocycles. The van der Waals surface area contributed by atoms with Crippen molar-refractivity contribution in [2.24, 2.45) is 4.99 Å². The van der Waals surface area contributed by atoms with Crippen LogP contribution in [0.4, 0.5) is 8.78 Å². The third-order valence-corrected chi connectivity index (χ3v) is 3.65. The lowest BCUT2D eigenvalue weighted by Crippen LogP contribution is -2.46. The number of thioether (sulfide) groups is 1. The van der Waals surface area contributed by atoms with Gasteiger partial charge in [-0.2, -0.15) is 0 Å². The molecule has 0 amide bonds. The van der Waals surface area contributed by atoms with E-state index in [4.69, 9.17) is 4.74 Å². The Morgan fingerprint density at radius 1 is 1.69 bits per heavy atom. The Kier molecular flexibility index (Phi) is 3.66. The summed E-state index contributed by atoms with van der Waals surface area (Å²) in [5.74, 6) is 0. The summed E-state index contributed by atoms with van der Waals surface area (Å²) in [4.78, 5) is 4.22. The summed E-state index contributed by atoms with van der Waals surface area (Å²) in [5, 5.41) is 13.4. The molecule has 0 aromatic carbocycles. The first kappa shape index (κ1) is 12.1. The number of aliphatic imine (C=N–C) groups is 1. The van der Waals surface area contributed by atoms with Crippen LogP contribution in [0.3, 0.4) is 0 Å². The Hall–Kier alpha value is -0.400. The normalized spacial score (nSPS) is 38.4. The van der Waals surface area contributed by atoms with E-state index in [-0.39, 0.29) is 6.42 Å². The van der Waals surface area contributed by atoms with Gasteiger partial charge in [0.25, 0.3) is 6.43 Å². The van der Waals surface area contributed by atoms with Crippen LogP contribution < -0.4 is 5.32 Å². The van der Waals surface area contributed by atoms with Crippen LogP contribution in [0, 0.1) is 0 Å². The van der Waals surface area contributed by atoms with Crippen LogP contribution in [-0.2, 0) is 4.74 Å². The Bertz CT molecular complexity index is 291. The lowest BCUT2D eigenvalue weighted by Gasteiger charge is -2.33. The maximum absolute atomic E-state index is 12.5. The fourth-order valence-corrected chi connectivity index (χ4v) is 3.00. The van der Waals surface area contributed by atoms with Gasteiger partial charge in [-0.05, 0) is 6.92 Å². The molecule has 0 aliphatic carbocycles. The topological polar surface area (TPSA) is 53.9 Å². The largest absolute Gasteiger partial charge is 0.391 e. The molecular formula is C9H14F2N2O2S. The van der Waals surface area contributed by atoms with Gasteiger partial charge in [-0.3, -0.25) is 4.99 Å². The van der Waals surface area contributed by atoms with Crippen LogP contribution >= 0.6 is 11.8 Å². The first-order valence-electron chi connectivity index (χ1n) is 5.21. The van der Waals surface area contributed by atoms with Crippen LogP contribution in [0.25, 0.3) is 0 Å². The second kappa shape index (κ2) is 4.85. The summed E-state index contributed by atoms with van der Waals surface area (Å²) in [5.41, 5.74) is -0.489. The third kappa shape index (κ3) is 2.31. The maximum Gasteiger partial charge on any atom is 0.264 e. The maximum atomic E-state index is 12.5. The number of alkyl halides is 2. The minimum Gasteiger partial charge on any atom is -0.391 e. The number of nitrogens with zero attached hydrogens (tertiary/aromatic N) is 1. The van der Waals surface area contributed by atoms with E-state index in [2.05, 4.69) is 10.3 Å². The van der Waals surface area contributed by atoms with E-state index < -0.39 is 30.1 Å². The zero-order valence-electron chi connectivity index (χ0n) is 8.77. The number of fused-ring (bicyclic) bond motifs is 1. The first-order chi connectivity index (χ1) is 7.61. The highest BCUT2D eigenvalue weighted by atomic mass is 32.2. The summed E-state index contributed by atoms with van der Waals surface area (Å²) in [7, 11) is 0. The molecule has 4 atom stereocenters. The SMILES string of the molecule is CCNC1=N[C@H]2[C@H](O[C@H](C(F)F)C[C@@H]2O)S1. The average Bonchev–Trinajstić information content (AvgIpc) is 2.61. The van der Waals surface area contributed by atoms with Crippen LogP contribution in [-0.4, -0.2) is 46.9 Å². The monoisotopic (exact) mass is 252 g/mol. The standard InChI is InChI=1S/C9H14F2N2O2S/c1-2-12-9-13-6-4(14)3-5(7(10)11)15-8(6)16-9/h4-8,14H,2-3H2,1H3,(H,12,13)/t4-,5-,6+,8+/m0/s1. The molecule has 0 radical (unpaired) electrons. The molecule has 0 unspecified atom stereocenters. The van der Waals surface area contributed by atoms with Gasteiger partial charge in [0.15, 0.2) is 5.17 Å². The number of hydrogen-bond donors (Lipinski definition) is 2. The van der Waals surface area contributed by atoms with Crippen molar-refractivity contribution in [3.8, 4) is 0 Å². The molecule has 2 heterocycles. The highest BCUT2D eigenvalue weighted by Crippen LogP contribution is 2.36. The molecule has 2 aliphatic heterocycles. The van der Waals surface area contributed by atoms with Crippen LogP contribution in [0.5, 0.6) is 0 Å². The molecular weight excluding hydrogens is 238 g/mol. The quantitative estimate of drug-likeness (QED) is 0.763. The summed E-state index contributed by atoms with van der Waals surface area (Å²) in [6.45, 7) is 2.63. The molecule has 7 heteroatoms. The van der Waals surface area contributed by atoms with Crippen LogP contribution in [0.15, 0.2) is 4.99 Å². The number of hydrogen-bond acceptors (Lipinski definition) is 5. The Morgan fingerprint density at radius 2 is 2.44 bits per heavy atom. The molecule has 16 heavy (non-hydrogen) atoms. The van der Waals surface area contributed by atoms with E-state index in [1.54, 1.807) is 0 Å². The lowest BCUT2D eigenvalue weighted by molar-refractivity contribution is -0.127. The van der Waals surface area contributed by atoms with Gasteiger partial charge in [0.05, 0.1) is 6.10 Å². The van der Waals surface area contributed by atoms with Gasteiger partial charge >= 0.3 is 0 Å². The van der Waals surface area contributed by atoms with Gasteiger partial charge < -0.3 is 15.2 Å². The molecule has 0 bridgehead atoms. The smallest absolute Gasteiger partial charge is 0.264 e.